The largest absolute Gasteiger partial charge is 0.398 e. The highest BCUT2D eigenvalue weighted by atomic mass is 15.2. The maximum Gasteiger partial charge on any atom is 0.118 e. The van der Waals surface area contributed by atoms with Gasteiger partial charge in [-0.05, 0) is 38.0 Å². The molecule has 2 rings (SSSR count). The molecule has 0 amide bonds. The Labute approximate surface area is 137 Å². The Morgan fingerprint density at radius 1 is 1.35 bits per heavy atom. The lowest BCUT2D eigenvalue weighted by molar-refractivity contribution is 0.666. The Kier molecular flexibility index (Phi) is 5.21. The van der Waals surface area contributed by atoms with Crippen molar-refractivity contribution in [1.82, 2.24) is 14.9 Å². The molecule has 0 aromatic carbocycles. The number of fused-ring (bicyclic) bond motifs is 1. The molecule has 5 nitrogen and oxygen atoms in total. The first-order valence-corrected chi connectivity index (χ1v) is 7.83. The van der Waals surface area contributed by atoms with Crippen LogP contribution in [0, 0.1) is 0 Å². The van der Waals surface area contributed by atoms with E-state index in [0.717, 1.165) is 16.8 Å². The summed E-state index contributed by atoms with van der Waals surface area (Å²) in [5.74, 6) is 0.902. The van der Waals surface area contributed by atoms with Gasteiger partial charge in [0.15, 0.2) is 0 Å². The van der Waals surface area contributed by atoms with E-state index >= 15 is 0 Å². The molecule has 0 aliphatic rings. The van der Waals surface area contributed by atoms with Gasteiger partial charge < -0.3 is 11.1 Å². The molecule has 0 bridgehead atoms. The molecule has 0 aliphatic heterocycles. The summed E-state index contributed by atoms with van der Waals surface area (Å²) in [6.07, 6.45) is 5.40. The van der Waals surface area contributed by atoms with E-state index in [0.29, 0.717) is 17.6 Å². The van der Waals surface area contributed by atoms with Gasteiger partial charge in [-0.1, -0.05) is 26.5 Å². The Hall–Kier alpha value is -2.56. The number of nitrogens with one attached hydrogen (secondary N) is 1. The van der Waals surface area contributed by atoms with Crippen molar-refractivity contribution in [3.05, 3.63) is 54.1 Å². The predicted octanol–water partition coefficient (Wildman–Crippen LogP) is 3.30. The average Bonchev–Trinajstić information content (AvgIpc) is 2.86. The van der Waals surface area contributed by atoms with Crippen molar-refractivity contribution >= 4 is 17.4 Å². The van der Waals surface area contributed by atoms with Crippen LogP contribution >= 0.6 is 0 Å². The third kappa shape index (κ3) is 4.00. The van der Waals surface area contributed by atoms with Gasteiger partial charge in [0.1, 0.15) is 5.82 Å². The van der Waals surface area contributed by atoms with Crippen LogP contribution < -0.4 is 11.1 Å². The Morgan fingerprint density at radius 3 is 2.74 bits per heavy atom. The standard InChI is InChI=1S/C18H25N5/c1-12(2)18-17(16-8-6-7-11-23(16)22-18)15(19)9-10-20-14(5)21-13(3)4/h6-13,21H,5,19H2,1-4H3/b15-9-,20-10-. The summed E-state index contributed by atoms with van der Waals surface area (Å²) in [6, 6.07) is 6.26. The summed E-state index contributed by atoms with van der Waals surface area (Å²) >= 11 is 0. The monoisotopic (exact) mass is 311 g/mol. The zero-order valence-corrected chi connectivity index (χ0v) is 14.2. The molecule has 0 unspecified atom stereocenters. The first kappa shape index (κ1) is 16.8. The molecule has 0 saturated carbocycles. The fourth-order valence-electron chi connectivity index (χ4n) is 2.38. The second-order valence-corrected chi connectivity index (χ2v) is 6.09. The molecule has 122 valence electrons. The highest BCUT2D eigenvalue weighted by Crippen LogP contribution is 2.26. The fourth-order valence-corrected chi connectivity index (χ4v) is 2.38. The molecule has 0 saturated heterocycles. The minimum Gasteiger partial charge on any atom is -0.398 e. The Bertz CT molecular complexity index is 750. The lowest BCUT2D eigenvalue weighted by atomic mass is 10.0. The van der Waals surface area contributed by atoms with Gasteiger partial charge in [-0.2, -0.15) is 5.10 Å². The van der Waals surface area contributed by atoms with Crippen LogP contribution in [0.1, 0.15) is 44.9 Å². The number of rotatable bonds is 6. The van der Waals surface area contributed by atoms with Gasteiger partial charge in [0.05, 0.1) is 11.2 Å². The Balaban J connectivity index is 2.35. The second kappa shape index (κ2) is 7.13. The van der Waals surface area contributed by atoms with Gasteiger partial charge in [0, 0.05) is 29.7 Å². The van der Waals surface area contributed by atoms with Crippen LogP contribution in [0.25, 0.3) is 11.2 Å². The fraction of sp³-hybridized carbons (Fsp3) is 0.333. The molecule has 2 aromatic heterocycles. The van der Waals surface area contributed by atoms with E-state index in [1.807, 2.05) is 42.8 Å². The average molecular weight is 311 g/mol. The lowest BCUT2D eigenvalue weighted by Crippen LogP contribution is -2.20. The molecule has 23 heavy (non-hydrogen) atoms. The normalized spacial score (nSPS) is 12.7. The zero-order chi connectivity index (χ0) is 17.0. The van der Waals surface area contributed by atoms with E-state index < -0.39 is 0 Å². The van der Waals surface area contributed by atoms with E-state index in [1.165, 1.54) is 0 Å². The number of pyridine rings is 1. The molecular formula is C18H25N5. The molecule has 2 heterocycles. The van der Waals surface area contributed by atoms with E-state index in [2.05, 4.69) is 35.8 Å². The van der Waals surface area contributed by atoms with Crippen molar-refractivity contribution in [3.8, 4) is 0 Å². The molecule has 0 atom stereocenters. The van der Waals surface area contributed by atoms with Crippen LogP contribution in [-0.2, 0) is 0 Å². The Morgan fingerprint density at radius 2 is 2.09 bits per heavy atom. The number of aliphatic imine (C=N–C) groups is 1. The minimum atomic E-state index is 0.284. The van der Waals surface area contributed by atoms with Crippen molar-refractivity contribution in [2.75, 3.05) is 0 Å². The van der Waals surface area contributed by atoms with Crippen LogP contribution in [-0.4, -0.2) is 21.9 Å². The molecule has 0 aliphatic carbocycles. The minimum absolute atomic E-state index is 0.284. The third-order valence-corrected chi connectivity index (χ3v) is 3.34. The van der Waals surface area contributed by atoms with E-state index in [-0.39, 0.29) is 5.92 Å². The first-order valence-electron chi connectivity index (χ1n) is 7.83. The lowest BCUT2D eigenvalue weighted by Gasteiger charge is -2.08. The van der Waals surface area contributed by atoms with Gasteiger partial charge in [-0.15, -0.1) is 0 Å². The van der Waals surface area contributed by atoms with Gasteiger partial charge in [0.25, 0.3) is 0 Å². The molecule has 0 fully saturated rings. The van der Waals surface area contributed by atoms with Crippen molar-refractivity contribution in [3.63, 3.8) is 0 Å². The SMILES string of the molecule is C=C(/N=C\C=C(/N)c1c(C(C)C)nn2ccccc12)NC(C)C. The predicted molar refractivity (Wildman–Crippen MR) is 97.3 cm³/mol. The number of hydrogen-bond acceptors (Lipinski definition) is 4. The van der Waals surface area contributed by atoms with Crippen LogP contribution in [0.5, 0.6) is 0 Å². The molecule has 5 heteroatoms. The van der Waals surface area contributed by atoms with Crippen molar-refractivity contribution < 1.29 is 0 Å². The highest BCUT2D eigenvalue weighted by Gasteiger charge is 2.16. The molecule has 3 N–H and O–H groups in total. The first-order chi connectivity index (χ1) is 10.9. The molecular weight excluding hydrogens is 286 g/mol. The summed E-state index contributed by atoms with van der Waals surface area (Å²) in [4.78, 5) is 4.25. The van der Waals surface area contributed by atoms with Crippen molar-refractivity contribution in [1.29, 1.82) is 0 Å². The number of nitrogens with two attached hydrogens (primary N) is 1. The van der Waals surface area contributed by atoms with Gasteiger partial charge in [0.2, 0.25) is 0 Å². The maximum atomic E-state index is 6.30. The topological polar surface area (TPSA) is 67.7 Å². The number of aromatic nitrogens is 2. The number of nitrogens with zero attached hydrogens (tertiary/aromatic N) is 3. The molecule has 0 radical (unpaired) electrons. The summed E-state index contributed by atoms with van der Waals surface area (Å²) < 4.78 is 1.86. The summed E-state index contributed by atoms with van der Waals surface area (Å²) in [6.45, 7) is 12.2. The summed E-state index contributed by atoms with van der Waals surface area (Å²) in [7, 11) is 0. The summed E-state index contributed by atoms with van der Waals surface area (Å²) in [5, 5.41) is 7.77. The zero-order valence-electron chi connectivity index (χ0n) is 14.2. The van der Waals surface area contributed by atoms with Gasteiger partial charge >= 0.3 is 0 Å². The van der Waals surface area contributed by atoms with Crippen LogP contribution in [0.4, 0.5) is 0 Å². The molecule has 2 aromatic rings. The van der Waals surface area contributed by atoms with Crippen LogP contribution in [0.15, 0.2) is 47.9 Å². The van der Waals surface area contributed by atoms with Crippen LogP contribution in [0.2, 0.25) is 0 Å². The van der Waals surface area contributed by atoms with Crippen molar-refractivity contribution in [2.45, 2.75) is 39.7 Å². The van der Waals surface area contributed by atoms with E-state index in [1.54, 1.807) is 12.3 Å². The molecule has 0 spiro atoms. The maximum absolute atomic E-state index is 6.30. The quantitative estimate of drug-likeness (QED) is 0.804. The van der Waals surface area contributed by atoms with E-state index in [4.69, 9.17) is 5.73 Å². The summed E-state index contributed by atoms with van der Waals surface area (Å²) in [5.41, 5.74) is 9.90. The number of hydrogen-bond donors (Lipinski definition) is 2. The van der Waals surface area contributed by atoms with Gasteiger partial charge in [-0.25, -0.2) is 9.51 Å². The smallest absolute Gasteiger partial charge is 0.118 e. The third-order valence-electron chi connectivity index (χ3n) is 3.34. The second-order valence-electron chi connectivity index (χ2n) is 6.09. The van der Waals surface area contributed by atoms with Crippen LogP contribution in [0.3, 0.4) is 0 Å². The number of allylic oxidation sites excluding steroid dienone is 1. The highest BCUT2D eigenvalue weighted by molar-refractivity contribution is 5.89. The van der Waals surface area contributed by atoms with E-state index in [9.17, 15) is 0 Å². The van der Waals surface area contributed by atoms with Gasteiger partial charge in [-0.3, -0.25) is 0 Å². The van der Waals surface area contributed by atoms with Crippen molar-refractivity contribution in [2.24, 2.45) is 10.7 Å².